The summed E-state index contributed by atoms with van der Waals surface area (Å²) in [5.74, 6) is 0.463. The monoisotopic (exact) mass is 257 g/mol. The SMILES string of the molecule is O=C(N[C@@H](CO)c1ccccc1)Oc1ccccc1. The van der Waals surface area contributed by atoms with Crippen LogP contribution in [0.5, 0.6) is 5.75 Å². The Hall–Kier alpha value is -2.33. The third-order valence-corrected chi connectivity index (χ3v) is 2.63. The third kappa shape index (κ3) is 3.82. The van der Waals surface area contributed by atoms with Crippen molar-refractivity contribution in [2.45, 2.75) is 6.04 Å². The Kier molecular flexibility index (Phi) is 4.53. The highest BCUT2D eigenvalue weighted by atomic mass is 16.6. The zero-order valence-electron chi connectivity index (χ0n) is 10.3. The van der Waals surface area contributed by atoms with Crippen molar-refractivity contribution in [2.24, 2.45) is 0 Å². The zero-order chi connectivity index (χ0) is 13.5. The molecule has 2 aromatic carbocycles. The summed E-state index contributed by atoms with van der Waals surface area (Å²) in [6.45, 7) is -0.187. The summed E-state index contributed by atoms with van der Waals surface area (Å²) in [5, 5.41) is 11.9. The molecule has 0 aliphatic rings. The van der Waals surface area contributed by atoms with Gasteiger partial charge in [0.05, 0.1) is 12.6 Å². The van der Waals surface area contributed by atoms with Gasteiger partial charge >= 0.3 is 6.09 Å². The molecule has 0 saturated carbocycles. The molecular weight excluding hydrogens is 242 g/mol. The van der Waals surface area contributed by atoms with Gasteiger partial charge in [-0.15, -0.1) is 0 Å². The second-order valence-corrected chi connectivity index (χ2v) is 3.99. The molecule has 2 rings (SSSR count). The Labute approximate surface area is 111 Å². The van der Waals surface area contributed by atoms with E-state index >= 15 is 0 Å². The van der Waals surface area contributed by atoms with E-state index in [1.165, 1.54) is 0 Å². The van der Waals surface area contributed by atoms with Gasteiger partial charge in [-0.25, -0.2) is 4.79 Å². The summed E-state index contributed by atoms with van der Waals surface area (Å²) in [7, 11) is 0. The standard InChI is InChI=1S/C15H15NO3/c17-11-14(12-7-3-1-4-8-12)16-15(18)19-13-9-5-2-6-10-13/h1-10,14,17H,11H2,(H,16,18)/t14-/m0/s1. The van der Waals surface area contributed by atoms with Crippen molar-refractivity contribution in [1.82, 2.24) is 5.32 Å². The van der Waals surface area contributed by atoms with Crippen LogP contribution in [0.2, 0.25) is 0 Å². The van der Waals surface area contributed by atoms with Crippen LogP contribution in [-0.2, 0) is 0 Å². The molecule has 2 aromatic rings. The van der Waals surface area contributed by atoms with Crippen LogP contribution in [0.1, 0.15) is 11.6 Å². The van der Waals surface area contributed by atoms with Gasteiger partial charge in [0.2, 0.25) is 0 Å². The van der Waals surface area contributed by atoms with E-state index in [-0.39, 0.29) is 6.61 Å². The molecule has 2 N–H and O–H groups in total. The minimum Gasteiger partial charge on any atom is -0.410 e. The molecule has 0 bridgehead atoms. The molecule has 1 atom stereocenters. The molecule has 0 aromatic heterocycles. The van der Waals surface area contributed by atoms with E-state index in [0.29, 0.717) is 5.75 Å². The summed E-state index contributed by atoms with van der Waals surface area (Å²) < 4.78 is 5.11. The minimum absolute atomic E-state index is 0.187. The van der Waals surface area contributed by atoms with Crippen molar-refractivity contribution >= 4 is 6.09 Å². The van der Waals surface area contributed by atoms with Gasteiger partial charge in [0.15, 0.2) is 0 Å². The van der Waals surface area contributed by atoms with Crippen LogP contribution in [0.15, 0.2) is 60.7 Å². The molecular formula is C15H15NO3. The lowest BCUT2D eigenvalue weighted by atomic mass is 10.1. The molecule has 19 heavy (non-hydrogen) atoms. The van der Waals surface area contributed by atoms with E-state index in [0.717, 1.165) is 5.56 Å². The maximum atomic E-state index is 11.7. The fraction of sp³-hybridized carbons (Fsp3) is 0.133. The number of hydrogen-bond acceptors (Lipinski definition) is 3. The lowest BCUT2D eigenvalue weighted by Crippen LogP contribution is -2.33. The molecule has 0 spiro atoms. The Morgan fingerprint density at radius 2 is 1.63 bits per heavy atom. The van der Waals surface area contributed by atoms with Gasteiger partial charge in [0.25, 0.3) is 0 Å². The topological polar surface area (TPSA) is 58.6 Å². The Morgan fingerprint density at radius 1 is 1.05 bits per heavy atom. The Bertz CT molecular complexity index is 513. The molecule has 0 heterocycles. The van der Waals surface area contributed by atoms with Crippen molar-refractivity contribution in [1.29, 1.82) is 0 Å². The van der Waals surface area contributed by atoms with Gasteiger partial charge in [0, 0.05) is 0 Å². The number of ether oxygens (including phenoxy) is 1. The van der Waals surface area contributed by atoms with Crippen LogP contribution in [0, 0.1) is 0 Å². The summed E-state index contributed by atoms with van der Waals surface area (Å²) >= 11 is 0. The molecule has 1 amide bonds. The highest BCUT2D eigenvalue weighted by Crippen LogP contribution is 2.13. The van der Waals surface area contributed by atoms with Crippen LogP contribution in [0.4, 0.5) is 4.79 Å². The molecule has 4 heteroatoms. The summed E-state index contributed by atoms with van der Waals surface area (Å²) in [6, 6.07) is 17.6. The lowest BCUT2D eigenvalue weighted by Gasteiger charge is -2.16. The average molecular weight is 257 g/mol. The molecule has 0 fully saturated rings. The van der Waals surface area contributed by atoms with E-state index < -0.39 is 12.1 Å². The second-order valence-electron chi connectivity index (χ2n) is 3.99. The molecule has 0 unspecified atom stereocenters. The van der Waals surface area contributed by atoms with Crippen molar-refractivity contribution in [3.05, 3.63) is 66.2 Å². The molecule has 0 saturated heterocycles. The van der Waals surface area contributed by atoms with Crippen molar-refractivity contribution in [3.63, 3.8) is 0 Å². The summed E-state index contributed by atoms with van der Waals surface area (Å²) in [5.41, 5.74) is 0.829. The van der Waals surface area contributed by atoms with E-state index in [1.54, 1.807) is 24.3 Å². The first-order chi connectivity index (χ1) is 9.29. The summed E-state index contributed by atoms with van der Waals surface area (Å²) in [6.07, 6.45) is -0.589. The van der Waals surface area contributed by atoms with Crippen molar-refractivity contribution < 1.29 is 14.6 Å². The average Bonchev–Trinajstić information content (AvgIpc) is 2.47. The number of rotatable bonds is 4. The first-order valence-corrected chi connectivity index (χ1v) is 5.99. The van der Waals surface area contributed by atoms with E-state index in [1.807, 2.05) is 36.4 Å². The maximum Gasteiger partial charge on any atom is 0.413 e. The predicted molar refractivity (Wildman–Crippen MR) is 71.9 cm³/mol. The number of aliphatic hydroxyl groups excluding tert-OH is 1. The number of nitrogens with one attached hydrogen (secondary N) is 1. The molecule has 0 aliphatic heterocycles. The van der Waals surface area contributed by atoms with Crippen LogP contribution in [-0.4, -0.2) is 17.8 Å². The van der Waals surface area contributed by atoms with Gasteiger partial charge in [-0.1, -0.05) is 48.5 Å². The number of hydrogen-bond donors (Lipinski definition) is 2. The van der Waals surface area contributed by atoms with E-state index in [4.69, 9.17) is 4.74 Å². The van der Waals surface area contributed by atoms with Crippen LogP contribution >= 0.6 is 0 Å². The van der Waals surface area contributed by atoms with E-state index in [2.05, 4.69) is 5.32 Å². The number of para-hydroxylation sites is 1. The van der Waals surface area contributed by atoms with Crippen LogP contribution in [0.25, 0.3) is 0 Å². The third-order valence-electron chi connectivity index (χ3n) is 2.63. The highest BCUT2D eigenvalue weighted by molar-refractivity contribution is 5.70. The fourth-order valence-corrected chi connectivity index (χ4v) is 1.69. The number of amides is 1. The Morgan fingerprint density at radius 3 is 2.21 bits per heavy atom. The van der Waals surface area contributed by atoms with Gasteiger partial charge in [-0.05, 0) is 17.7 Å². The highest BCUT2D eigenvalue weighted by Gasteiger charge is 2.14. The predicted octanol–water partition coefficient (Wildman–Crippen LogP) is 2.51. The van der Waals surface area contributed by atoms with Gasteiger partial charge in [-0.2, -0.15) is 0 Å². The quantitative estimate of drug-likeness (QED) is 0.884. The maximum absolute atomic E-state index is 11.7. The number of benzene rings is 2. The number of carbonyl (C=O) groups is 1. The van der Waals surface area contributed by atoms with Crippen LogP contribution < -0.4 is 10.1 Å². The first-order valence-electron chi connectivity index (χ1n) is 5.99. The van der Waals surface area contributed by atoms with Crippen molar-refractivity contribution in [3.8, 4) is 5.75 Å². The second kappa shape index (κ2) is 6.56. The zero-order valence-corrected chi connectivity index (χ0v) is 10.3. The van der Waals surface area contributed by atoms with Crippen molar-refractivity contribution in [2.75, 3.05) is 6.61 Å². The molecule has 4 nitrogen and oxygen atoms in total. The van der Waals surface area contributed by atoms with Gasteiger partial charge < -0.3 is 15.2 Å². The molecule has 98 valence electrons. The lowest BCUT2D eigenvalue weighted by molar-refractivity contribution is 0.183. The summed E-state index contributed by atoms with van der Waals surface area (Å²) in [4.78, 5) is 11.7. The molecule has 0 aliphatic carbocycles. The van der Waals surface area contributed by atoms with Crippen LogP contribution in [0.3, 0.4) is 0 Å². The number of aliphatic hydroxyl groups is 1. The Balaban J connectivity index is 1.97. The smallest absolute Gasteiger partial charge is 0.410 e. The fourth-order valence-electron chi connectivity index (χ4n) is 1.69. The normalized spacial score (nSPS) is 11.6. The number of carbonyl (C=O) groups excluding carboxylic acids is 1. The molecule has 0 radical (unpaired) electrons. The first kappa shape index (κ1) is 13.1. The largest absolute Gasteiger partial charge is 0.413 e. The van der Waals surface area contributed by atoms with Gasteiger partial charge in [-0.3, -0.25) is 0 Å². The van der Waals surface area contributed by atoms with Gasteiger partial charge in [0.1, 0.15) is 5.75 Å². The minimum atomic E-state index is -0.589. The van der Waals surface area contributed by atoms with E-state index in [9.17, 15) is 9.90 Å².